The van der Waals surface area contributed by atoms with Crippen LogP contribution < -0.4 is 5.32 Å². The van der Waals surface area contributed by atoms with Crippen LogP contribution in [0.5, 0.6) is 0 Å². The van der Waals surface area contributed by atoms with Crippen molar-refractivity contribution in [3.05, 3.63) is 29.8 Å². The van der Waals surface area contributed by atoms with Crippen molar-refractivity contribution in [3.63, 3.8) is 0 Å². The van der Waals surface area contributed by atoms with Gasteiger partial charge in [-0.2, -0.15) is 17.0 Å². The lowest BCUT2D eigenvalue weighted by molar-refractivity contribution is 0.772. The van der Waals surface area contributed by atoms with Crippen molar-refractivity contribution in [2.24, 2.45) is 0 Å². The highest BCUT2D eigenvalue weighted by Gasteiger charge is 2.00. The highest BCUT2D eigenvalue weighted by molar-refractivity contribution is 7.98. The van der Waals surface area contributed by atoms with E-state index in [1.807, 2.05) is 36.0 Å². The number of nitriles is 1. The predicted molar refractivity (Wildman–Crippen MR) is 67.2 cm³/mol. The van der Waals surface area contributed by atoms with Gasteiger partial charge in [0.1, 0.15) is 0 Å². The standard InChI is InChI=1S/C12H16N2S/c1-10(7-8-15-2)14-12-5-3-11(9-13)4-6-12/h3-6,10,14H,7-8H2,1-2H3. The third-order valence-corrected chi connectivity index (χ3v) is 2.83. The summed E-state index contributed by atoms with van der Waals surface area (Å²) in [6.07, 6.45) is 3.27. The third-order valence-electron chi connectivity index (χ3n) is 2.18. The largest absolute Gasteiger partial charge is 0.383 e. The molecule has 0 fully saturated rings. The van der Waals surface area contributed by atoms with Gasteiger partial charge in [-0.05, 0) is 49.6 Å². The van der Waals surface area contributed by atoms with Crippen LogP contribution in [-0.4, -0.2) is 18.1 Å². The van der Waals surface area contributed by atoms with Gasteiger partial charge in [0.25, 0.3) is 0 Å². The first kappa shape index (κ1) is 11.9. The second kappa shape index (κ2) is 6.36. The predicted octanol–water partition coefficient (Wildman–Crippen LogP) is 3.11. The molecule has 0 spiro atoms. The van der Waals surface area contributed by atoms with Gasteiger partial charge >= 0.3 is 0 Å². The van der Waals surface area contributed by atoms with Gasteiger partial charge < -0.3 is 5.32 Å². The molecule has 0 radical (unpaired) electrons. The Kier molecular flexibility index (Phi) is 5.06. The molecule has 80 valence electrons. The van der Waals surface area contributed by atoms with Crippen LogP contribution in [0.4, 0.5) is 5.69 Å². The molecule has 0 aliphatic carbocycles. The SMILES string of the molecule is CSCCC(C)Nc1ccc(C#N)cc1. The maximum atomic E-state index is 8.65. The van der Waals surface area contributed by atoms with Gasteiger partial charge in [-0.3, -0.25) is 0 Å². The molecular weight excluding hydrogens is 204 g/mol. The Hall–Kier alpha value is -1.14. The molecule has 0 aromatic heterocycles. The van der Waals surface area contributed by atoms with E-state index in [1.165, 1.54) is 5.75 Å². The number of hydrogen-bond donors (Lipinski definition) is 1. The Balaban J connectivity index is 2.47. The van der Waals surface area contributed by atoms with E-state index in [2.05, 4.69) is 24.6 Å². The van der Waals surface area contributed by atoms with Crippen molar-refractivity contribution in [1.29, 1.82) is 5.26 Å². The van der Waals surface area contributed by atoms with Crippen LogP contribution in [0.25, 0.3) is 0 Å². The lowest BCUT2D eigenvalue weighted by Gasteiger charge is -2.14. The molecule has 0 saturated carbocycles. The quantitative estimate of drug-likeness (QED) is 0.828. The average Bonchev–Trinajstić information content (AvgIpc) is 2.27. The van der Waals surface area contributed by atoms with E-state index in [9.17, 15) is 0 Å². The minimum absolute atomic E-state index is 0.477. The topological polar surface area (TPSA) is 35.8 Å². The number of thioether (sulfide) groups is 1. The van der Waals surface area contributed by atoms with Gasteiger partial charge in [-0.15, -0.1) is 0 Å². The van der Waals surface area contributed by atoms with Crippen molar-refractivity contribution in [1.82, 2.24) is 0 Å². The van der Waals surface area contributed by atoms with Crippen molar-refractivity contribution in [2.75, 3.05) is 17.3 Å². The van der Waals surface area contributed by atoms with Gasteiger partial charge in [0, 0.05) is 11.7 Å². The lowest BCUT2D eigenvalue weighted by atomic mass is 10.2. The minimum atomic E-state index is 0.477. The van der Waals surface area contributed by atoms with Crippen LogP contribution >= 0.6 is 11.8 Å². The first-order valence-electron chi connectivity index (χ1n) is 5.02. The second-order valence-electron chi connectivity index (χ2n) is 3.52. The van der Waals surface area contributed by atoms with E-state index in [-0.39, 0.29) is 0 Å². The summed E-state index contributed by atoms with van der Waals surface area (Å²) >= 11 is 1.86. The molecule has 15 heavy (non-hydrogen) atoms. The fourth-order valence-electron chi connectivity index (χ4n) is 1.29. The maximum absolute atomic E-state index is 8.65. The van der Waals surface area contributed by atoms with Crippen LogP contribution in [0.15, 0.2) is 24.3 Å². The Labute approximate surface area is 95.7 Å². The van der Waals surface area contributed by atoms with E-state index < -0.39 is 0 Å². The van der Waals surface area contributed by atoms with E-state index in [0.29, 0.717) is 11.6 Å². The van der Waals surface area contributed by atoms with Crippen molar-refractivity contribution >= 4 is 17.4 Å². The van der Waals surface area contributed by atoms with E-state index in [0.717, 1.165) is 12.1 Å². The van der Waals surface area contributed by atoms with Crippen molar-refractivity contribution in [3.8, 4) is 6.07 Å². The highest BCUT2D eigenvalue weighted by atomic mass is 32.2. The van der Waals surface area contributed by atoms with Crippen LogP contribution in [0, 0.1) is 11.3 Å². The molecule has 0 heterocycles. The van der Waals surface area contributed by atoms with Crippen molar-refractivity contribution in [2.45, 2.75) is 19.4 Å². The van der Waals surface area contributed by atoms with Crippen LogP contribution in [0.2, 0.25) is 0 Å². The van der Waals surface area contributed by atoms with Gasteiger partial charge in [0.15, 0.2) is 0 Å². The fraction of sp³-hybridized carbons (Fsp3) is 0.417. The molecule has 1 unspecified atom stereocenters. The Bertz CT molecular complexity index is 326. The maximum Gasteiger partial charge on any atom is 0.0991 e. The average molecular weight is 220 g/mol. The van der Waals surface area contributed by atoms with Gasteiger partial charge in [0.05, 0.1) is 11.6 Å². The monoisotopic (exact) mass is 220 g/mol. The zero-order chi connectivity index (χ0) is 11.1. The number of nitrogens with zero attached hydrogens (tertiary/aromatic N) is 1. The molecule has 3 heteroatoms. The molecule has 0 bridgehead atoms. The Morgan fingerprint density at radius 3 is 2.60 bits per heavy atom. The number of anilines is 1. The molecule has 0 amide bonds. The van der Waals surface area contributed by atoms with E-state index in [4.69, 9.17) is 5.26 Å². The molecule has 0 aliphatic heterocycles. The first-order chi connectivity index (χ1) is 7.26. The molecule has 1 N–H and O–H groups in total. The molecule has 2 nitrogen and oxygen atoms in total. The molecule has 0 aliphatic rings. The van der Waals surface area contributed by atoms with Gasteiger partial charge in [-0.1, -0.05) is 0 Å². The molecular formula is C12H16N2S. The molecule has 1 rings (SSSR count). The number of rotatable bonds is 5. The molecule has 1 atom stereocenters. The summed E-state index contributed by atoms with van der Waals surface area (Å²) in [7, 11) is 0. The summed E-state index contributed by atoms with van der Waals surface area (Å²) in [5.41, 5.74) is 1.79. The summed E-state index contributed by atoms with van der Waals surface area (Å²) in [5, 5.41) is 12.1. The number of hydrogen-bond acceptors (Lipinski definition) is 3. The zero-order valence-electron chi connectivity index (χ0n) is 9.16. The molecule has 0 saturated heterocycles. The summed E-state index contributed by atoms with van der Waals surface area (Å²) in [6.45, 7) is 2.18. The van der Waals surface area contributed by atoms with E-state index >= 15 is 0 Å². The minimum Gasteiger partial charge on any atom is -0.383 e. The second-order valence-corrected chi connectivity index (χ2v) is 4.50. The first-order valence-corrected chi connectivity index (χ1v) is 6.41. The van der Waals surface area contributed by atoms with Gasteiger partial charge in [0.2, 0.25) is 0 Å². The normalized spacial score (nSPS) is 11.8. The highest BCUT2D eigenvalue weighted by Crippen LogP contribution is 2.12. The summed E-state index contributed by atoms with van der Waals surface area (Å²) in [4.78, 5) is 0. The van der Waals surface area contributed by atoms with Gasteiger partial charge in [-0.25, -0.2) is 0 Å². The lowest BCUT2D eigenvalue weighted by Crippen LogP contribution is -2.15. The van der Waals surface area contributed by atoms with E-state index in [1.54, 1.807) is 0 Å². The smallest absolute Gasteiger partial charge is 0.0991 e. The zero-order valence-corrected chi connectivity index (χ0v) is 9.97. The van der Waals surface area contributed by atoms with Crippen LogP contribution in [0.1, 0.15) is 18.9 Å². The number of nitrogens with one attached hydrogen (secondary N) is 1. The Morgan fingerprint density at radius 2 is 2.07 bits per heavy atom. The van der Waals surface area contributed by atoms with Crippen molar-refractivity contribution < 1.29 is 0 Å². The third kappa shape index (κ3) is 4.26. The summed E-state index contributed by atoms with van der Waals surface area (Å²) < 4.78 is 0. The summed E-state index contributed by atoms with van der Waals surface area (Å²) in [6, 6.07) is 10.2. The van der Waals surface area contributed by atoms with Crippen LogP contribution in [0.3, 0.4) is 0 Å². The molecule has 1 aromatic rings. The summed E-state index contributed by atoms with van der Waals surface area (Å²) in [5.74, 6) is 1.17. The Morgan fingerprint density at radius 1 is 1.40 bits per heavy atom. The fourth-order valence-corrected chi connectivity index (χ4v) is 1.88. The number of benzene rings is 1. The van der Waals surface area contributed by atoms with Crippen LogP contribution in [-0.2, 0) is 0 Å². The molecule has 1 aromatic carbocycles.